The van der Waals surface area contributed by atoms with Crippen molar-refractivity contribution in [3.8, 4) is 16.8 Å². The molecule has 5 nitrogen and oxygen atoms in total. The molecule has 0 unspecified atom stereocenters. The second-order valence-corrected chi connectivity index (χ2v) is 6.17. The van der Waals surface area contributed by atoms with E-state index in [-0.39, 0.29) is 0 Å². The van der Waals surface area contributed by atoms with Crippen molar-refractivity contribution in [3.05, 3.63) is 61.1 Å². The third kappa shape index (κ3) is 2.90. The highest BCUT2D eigenvalue weighted by atomic mass is 15.4. The molecule has 5 heteroatoms. The van der Waals surface area contributed by atoms with E-state index in [9.17, 15) is 0 Å². The van der Waals surface area contributed by atoms with Crippen molar-refractivity contribution in [3.63, 3.8) is 0 Å². The zero-order valence-corrected chi connectivity index (χ0v) is 13.8. The van der Waals surface area contributed by atoms with Crippen LogP contribution >= 0.6 is 0 Å². The van der Waals surface area contributed by atoms with Crippen LogP contribution in [0.2, 0.25) is 0 Å². The fourth-order valence-corrected chi connectivity index (χ4v) is 3.06. The lowest BCUT2D eigenvalue weighted by molar-refractivity contribution is 0.312. The number of hydrogen-bond donors (Lipinski definition) is 0. The Labute approximate surface area is 142 Å². The maximum absolute atomic E-state index is 4.91. The molecule has 1 aliphatic rings. The van der Waals surface area contributed by atoms with Gasteiger partial charge in [-0.25, -0.2) is 4.68 Å². The van der Waals surface area contributed by atoms with Crippen molar-refractivity contribution in [1.29, 1.82) is 0 Å². The van der Waals surface area contributed by atoms with E-state index in [4.69, 9.17) is 5.10 Å². The van der Waals surface area contributed by atoms with Gasteiger partial charge in [-0.2, -0.15) is 0 Å². The van der Waals surface area contributed by atoms with Crippen molar-refractivity contribution in [2.24, 2.45) is 0 Å². The smallest absolute Gasteiger partial charge is 0.159 e. The Morgan fingerprint density at radius 3 is 2.29 bits per heavy atom. The highest BCUT2D eigenvalue weighted by Gasteiger charge is 2.21. The van der Waals surface area contributed by atoms with E-state index in [2.05, 4.69) is 40.2 Å². The normalized spacial score (nSPS) is 15.6. The molecule has 1 aromatic carbocycles. The molecule has 0 radical (unpaired) electrons. The van der Waals surface area contributed by atoms with Gasteiger partial charge in [-0.05, 0) is 36.9 Å². The first-order valence-electron chi connectivity index (χ1n) is 8.30. The van der Waals surface area contributed by atoms with Crippen LogP contribution in [0, 0.1) is 0 Å². The lowest BCUT2D eigenvalue weighted by Crippen LogP contribution is -2.44. The van der Waals surface area contributed by atoms with Gasteiger partial charge in [0, 0.05) is 50.3 Å². The van der Waals surface area contributed by atoms with Crippen molar-refractivity contribution >= 4 is 5.82 Å². The van der Waals surface area contributed by atoms with E-state index in [0.29, 0.717) is 0 Å². The Bertz CT molecular complexity index is 789. The molecule has 0 saturated carbocycles. The number of hydrogen-bond acceptors (Lipinski definition) is 4. The van der Waals surface area contributed by atoms with E-state index in [1.54, 1.807) is 0 Å². The summed E-state index contributed by atoms with van der Waals surface area (Å²) in [6.45, 7) is 4.13. The number of rotatable bonds is 3. The second-order valence-electron chi connectivity index (χ2n) is 6.17. The zero-order valence-electron chi connectivity index (χ0n) is 13.8. The molecular formula is C19H21N5. The van der Waals surface area contributed by atoms with Gasteiger partial charge in [0.1, 0.15) is 0 Å². The minimum Gasteiger partial charge on any atom is -0.352 e. The molecule has 0 atom stereocenters. The number of likely N-dealkylation sites (N-methyl/N-ethyl adjacent to an activating group) is 1. The van der Waals surface area contributed by atoms with E-state index >= 15 is 0 Å². The molecular weight excluding hydrogens is 298 g/mol. The monoisotopic (exact) mass is 319 g/mol. The van der Waals surface area contributed by atoms with Gasteiger partial charge in [0.15, 0.2) is 5.82 Å². The van der Waals surface area contributed by atoms with Crippen LogP contribution in [0.1, 0.15) is 0 Å². The number of aromatic nitrogens is 3. The van der Waals surface area contributed by atoms with E-state index in [1.165, 1.54) is 0 Å². The minimum absolute atomic E-state index is 1.00. The maximum atomic E-state index is 4.91. The predicted molar refractivity (Wildman–Crippen MR) is 96.5 cm³/mol. The van der Waals surface area contributed by atoms with Crippen molar-refractivity contribution in [2.45, 2.75) is 0 Å². The zero-order chi connectivity index (χ0) is 16.4. The molecule has 122 valence electrons. The molecule has 0 bridgehead atoms. The number of para-hydroxylation sites is 1. The van der Waals surface area contributed by atoms with Gasteiger partial charge in [-0.3, -0.25) is 4.98 Å². The summed E-state index contributed by atoms with van der Waals surface area (Å²) in [4.78, 5) is 8.88. The second kappa shape index (κ2) is 6.45. The third-order valence-electron chi connectivity index (χ3n) is 4.51. The van der Waals surface area contributed by atoms with E-state index in [0.717, 1.165) is 48.8 Å². The summed E-state index contributed by atoms with van der Waals surface area (Å²) in [5, 5.41) is 4.91. The SMILES string of the molecule is CN1CCN(c2nn(-c3ccccc3)cc2-c2ccncc2)CC1. The Balaban J connectivity index is 1.77. The molecule has 0 amide bonds. The van der Waals surface area contributed by atoms with Gasteiger partial charge in [0.05, 0.1) is 5.69 Å². The average Bonchev–Trinajstić information content (AvgIpc) is 3.09. The topological polar surface area (TPSA) is 37.2 Å². The first kappa shape index (κ1) is 14.9. The third-order valence-corrected chi connectivity index (χ3v) is 4.51. The van der Waals surface area contributed by atoms with Crippen LogP contribution in [-0.4, -0.2) is 52.9 Å². The molecule has 0 spiro atoms. The van der Waals surface area contributed by atoms with Crippen LogP contribution in [0.3, 0.4) is 0 Å². The molecule has 2 aromatic heterocycles. The molecule has 4 rings (SSSR count). The Morgan fingerprint density at radius 1 is 0.875 bits per heavy atom. The standard InChI is InChI=1S/C19H21N5/c1-22-11-13-23(14-12-22)19-18(16-7-9-20-10-8-16)15-24(21-19)17-5-3-2-4-6-17/h2-10,15H,11-14H2,1H3. The van der Waals surface area contributed by atoms with Crippen LogP contribution < -0.4 is 4.90 Å². The fourth-order valence-electron chi connectivity index (χ4n) is 3.06. The molecule has 1 fully saturated rings. The predicted octanol–water partition coefficient (Wildman–Crippen LogP) is 2.69. The quantitative estimate of drug-likeness (QED) is 0.744. The number of pyridine rings is 1. The van der Waals surface area contributed by atoms with Gasteiger partial charge in [0.2, 0.25) is 0 Å². The summed E-state index contributed by atoms with van der Waals surface area (Å²) in [5.74, 6) is 1.05. The summed E-state index contributed by atoms with van der Waals surface area (Å²) in [6.07, 6.45) is 5.80. The average molecular weight is 319 g/mol. The van der Waals surface area contributed by atoms with Gasteiger partial charge in [-0.1, -0.05) is 18.2 Å². The van der Waals surface area contributed by atoms with Gasteiger partial charge < -0.3 is 9.80 Å². The lowest BCUT2D eigenvalue weighted by Gasteiger charge is -2.33. The number of benzene rings is 1. The van der Waals surface area contributed by atoms with Gasteiger partial charge in [-0.15, -0.1) is 5.10 Å². The molecule has 3 aromatic rings. The number of anilines is 1. The van der Waals surface area contributed by atoms with E-state index < -0.39 is 0 Å². The molecule has 3 heterocycles. The maximum Gasteiger partial charge on any atom is 0.159 e. The van der Waals surface area contributed by atoms with Crippen LogP contribution in [-0.2, 0) is 0 Å². The highest BCUT2D eigenvalue weighted by Crippen LogP contribution is 2.31. The fraction of sp³-hybridized carbons (Fsp3) is 0.263. The molecule has 1 saturated heterocycles. The summed E-state index contributed by atoms with van der Waals surface area (Å²) >= 11 is 0. The van der Waals surface area contributed by atoms with Crippen LogP contribution in [0.4, 0.5) is 5.82 Å². The van der Waals surface area contributed by atoms with Crippen LogP contribution in [0.25, 0.3) is 16.8 Å². The molecule has 1 aliphatic heterocycles. The molecule has 0 N–H and O–H groups in total. The van der Waals surface area contributed by atoms with Crippen molar-refractivity contribution < 1.29 is 0 Å². The van der Waals surface area contributed by atoms with Gasteiger partial charge >= 0.3 is 0 Å². The Kier molecular flexibility index (Phi) is 4.01. The minimum atomic E-state index is 1.00. The van der Waals surface area contributed by atoms with Crippen LogP contribution in [0.5, 0.6) is 0 Å². The first-order valence-corrected chi connectivity index (χ1v) is 8.30. The Morgan fingerprint density at radius 2 is 1.58 bits per heavy atom. The van der Waals surface area contributed by atoms with Crippen LogP contribution in [0.15, 0.2) is 61.1 Å². The van der Waals surface area contributed by atoms with Gasteiger partial charge in [0.25, 0.3) is 0 Å². The largest absolute Gasteiger partial charge is 0.352 e. The summed E-state index contributed by atoms with van der Waals surface area (Å²) in [6, 6.07) is 14.4. The molecule has 0 aliphatic carbocycles. The van der Waals surface area contributed by atoms with Crippen molar-refractivity contribution in [1.82, 2.24) is 19.7 Å². The number of nitrogens with zero attached hydrogens (tertiary/aromatic N) is 5. The summed E-state index contributed by atoms with van der Waals surface area (Å²) < 4.78 is 1.98. The lowest BCUT2D eigenvalue weighted by atomic mass is 10.1. The molecule has 24 heavy (non-hydrogen) atoms. The van der Waals surface area contributed by atoms with Crippen molar-refractivity contribution in [2.75, 3.05) is 38.1 Å². The van der Waals surface area contributed by atoms with E-state index in [1.807, 2.05) is 47.4 Å². The highest BCUT2D eigenvalue weighted by molar-refractivity contribution is 5.75. The summed E-state index contributed by atoms with van der Waals surface area (Å²) in [5.41, 5.74) is 3.39. The first-order chi connectivity index (χ1) is 11.8. The Hall–Kier alpha value is -2.66. The number of piperazine rings is 1. The summed E-state index contributed by atoms with van der Waals surface area (Å²) in [7, 11) is 2.17.